The summed E-state index contributed by atoms with van der Waals surface area (Å²) in [6.45, 7) is 16.1. The normalized spacial score (nSPS) is 16.4. The zero-order valence-electron chi connectivity index (χ0n) is 19.8. The average Bonchev–Trinajstić information content (AvgIpc) is 3.20. The summed E-state index contributed by atoms with van der Waals surface area (Å²) in [6.07, 6.45) is 4.26. The molecule has 3 heteroatoms. The maximum atomic E-state index is 7.30. The van der Waals surface area contributed by atoms with Crippen LogP contribution < -0.4 is 5.73 Å². The first-order valence-electron chi connectivity index (χ1n) is 11.4. The Morgan fingerprint density at radius 2 is 1.50 bits per heavy atom. The number of nitrogens with two attached hydrogens (primary N) is 1. The number of hydrogen-bond acceptors (Lipinski definition) is 3. The first-order valence-corrected chi connectivity index (χ1v) is 12.3. The molecule has 1 heterocycles. The van der Waals surface area contributed by atoms with E-state index in [1.807, 2.05) is 0 Å². The molecule has 0 amide bonds. The number of aromatic nitrogens is 1. The molecule has 2 N–H and O–H groups in total. The lowest BCUT2D eigenvalue weighted by Crippen LogP contribution is -2.58. The van der Waals surface area contributed by atoms with Crippen molar-refractivity contribution in [3.63, 3.8) is 0 Å². The molecule has 0 fully saturated rings. The second-order valence-electron chi connectivity index (χ2n) is 9.35. The van der Waals surface area contributed by atoms with Crippen LogP contribution in [-0.2, 0) is 5.54 Å². The lowest BCUT2D eigenvalue weighted by Gasteiger charge is -2.56. The second-order valence-corrected chi connectivity index (χ2v) is 10.4. The van der Waals surface area contributed by atoms with Gasteiger partial charge in [-0.25, -0.2) is 4.98 Å². The van der Waals surface area contributed by atoms with E-state index in [1.165, 1.54) is 21.4 Å². The van der Waals surface area contributed by atoms with Gasteiger partial charge in [0.05, 0.1) is 10.2 Å². The second kappa shape index (κ2) is 8.43. The number of benzene rings is 2. The van der Waals surface area contributed by atoms with Gasteiger partial charge in [0.15, 0.2) is 0 Å². The highest BCUT2D eigenvalue weighted by atomic mass is 32.1. The molecule has 0 aliphatic rings. The molecule has 0 spiro atoms. The molecule has 0 aliphatic carbocycles. The van der Waals surface area contributed by atoms with Crippen LogP contribution in [0.5, 0.6) is 0 Å². The van der Waals surface area contributed by atoms with E-state index < -0.39 is 0 Å². The van der Waals surface area contributed by atoms with Crippen molar-refractivity contribution < 1.29 is 0 Å². The Balaban J connectivity index is 2.03. The minimum absolute atomic E-state index is 0.00710. The fourth-order valence-corrected chi connectivity index (χ4v) is 6.36. The number of rotatable bonds is 8. The molecule has 30 heavy (non-hydrogen) atoms. The molecule has 2 aromatic carbocycles. The lowest BCUT2D eigenvalue weighted by atomic mass is 9.50. The Morgan fingerprint density at radius 3 is 2.03 bits per heavy atom. The van der Waals surface area contributed by atoms with E-state index in [2.05, 4.69) is 90.9 Å². The minimum atomic E-state index is -0.369. The monoisotopic (exact) mass is 422 g/mol. The van der Waals surface area contributed by atoms with Crippen LogP contribution in [-0.4, -0.2) is 4.98 Å². The van der Waals surface area contributed by atoms with E-state index in [1.54, 1.807) is 11.3 Å². The Bertz CT molecular complexity index is 999. The highest BCUT2D eigenvalue weighted by Crippen LogP contribution is 2.57. The Kier molecular flexibility index (Phi) is 6.46. The summed E-state index contributed by atoms with van der Waals surface area (Å²) in [4.78, 5) is 4.85. The number of hydrogen-bond donors (Lipinski definition) is 1. The zero-order chi connectivity index (χ0) is 22.2. The minimum Gasteiger partial charge on any atom is -0.321 e. The molecular formula is C27H38N2S. The maximum Gasteiger partial charge on any atom is 0.124 e. The van der Waals surface area contributed by atoms with E-state index >= 15 is 0 Å². The summed E-state index contributed by atoms with van der Waals surface area (Å²) in [6, 6.07) is 15.4. The van der Waals surface area contributed by atoms with Crippen LogP contribution in [0.25, 0.3) is 20.8 Å². The van der Waals surface area contributed by atoms with Crippen molar-refractivity contribution in [3.8, 4) is 10.6 Å². The van der Waals surface area contributed by atoms with Gasteiger partial charge in [0.1, 0.15) is 5.01 Å². The van der Waals surface area contributed by atoms with Crippen LogP contribution in [0.1, 0.15) is 78.4 Å². The van der Waals surface area contributed by atoms with Gasteiger partial charge in [0, 0.05) is 11.1 Å². The molecule has 0 radical (unpaired) electrons. The summed E-state index contributed by atoms with van der Waals surface area (Å²) in [5.74, 6) is 0. The Hall–Kier alpha value is -1.71. The molecule has 3 rings (SSSR count). The third-order valence-corrected chi connectivity index (χ3v) is 9.40. The quantitative estimate of drug-likeness (QED) is 0.398. The highest BCUT2D eigenvalue weighted by molar-refractivity contribution is 7.21. The van der Waals surface area contributed by atoms with Crippen molar-refractivity contribution in [2.75, 3.05) is 0 Å². The van der Waals surface area contributed by atoms with Gasteiger partial charge in [0.2, 0.25) is 0 Å². The number of fused-ring (bicyclic) bond motifs is 1. The zero-order valence-corrected chi connectivity index (χ0v) is 20.6. The van der Waals surface area contributed by atoms with Crippen LogP contribution >= 0.6 is 11.3 Å². The van der Waals surface area contributed by atoms with Gasteiger partial charge >= 0.3 is 0 Å². The molecule has 0 bridgehead atoms. The molecule has 0 saturated heterocycles. The highest BCUT2D eigenvalue weighted by Gasteiger charge is 2.53. The van der Waals surface area contributed by atoms with Gasteiger partial charge in [-0.15, -0.1) is 11.3 Å². The molecule has 0 saturated carbocycles. The lowest BCUT2D eigenvalue weighted by molar-refractivity contribution is -0.0302. The SMILES string of the molecule is CCC(C)(CC)C(C)(CC)C(N)(CC)c1ccc(-c2nc3ccc(C)cc3s2)cc1. The van der Waals surface area contributed by atoms with Crippen LogP contribution in [0.3, 0.4) is 0 Å². The topological polar surface area (TPSA) is 38.9 Å². The Labute approximate surface area is 186 Å². The number of aryl methyl sites for hydroxylation is 1. The Morgan fingerprint density at radius 1 is 0.867 bits per heavy atom. The predicted octanol–water partition coefficient (Wildman–Crippen LogP) is 8.08. The van der Waals surface area contributed by atoms with Gasteiger partial charge in [-0.3, -0.25) is 0 Å². The average molecular weight is 423 g/mol. The smallest absolute Gasteiger partial charge is 0.124 e. The molecule has 2 atom stereocenters. The van der Waals surface area contributed by atoms with Crippen molar-refractivity contribution >= 4 is 21.6 Å². The van der Waals surface area contributed by atoms with Gasteiger partial charge < -0.3 is 5.73 Å². The number of nitrogens with zero attached hydrogens (tertiary/aromatic N) is 1. The molecular weight excluding hydrogens is 384 g/mol. The maximum absolute atomic E-state index is 7.30. The van der Waals surface area contributed by atoms with E-state index in [0.717, 1.165) is 36.2 Å². The summed E-state index contributed by atoms with van der Waals surface area (Å²) < 4.78 is 1.25. The van der Waals surface area contributed by atoms with Crippen LogP contribution in [0.4, 0.5) is 0 Å². The molecule has 1 aromatic heterocycles. The fraction of sp³-hybridized carbons (Fsp3) is 0.519. The van der Waals surface area contributed by atoms with Crippen LogP contribution in [0, 0.1) is 17.8 Å². The van der Waals surface area contributed by atoms with E-state index in [0.29, 0.717) is 0 Å². The number of thiazole rings is 1. The first kappa shape index (κ1) is 23.0. The van der Waals surface area contributed by atoms with Crippen LogP contribution in [0.2, 0.25) is 0 Å². The van der Waals surface area contributed by atoms with Gasteiger partial charge in [-0.1, -0.05) is 84.7 Å². The fourth-order valence-electron chi connectivity index (χ4n) is 5.29. The van der Waals surface area contributed by atoms with E-state index in [4.69, 9.17) is 10.7 Å². The standard InChI is InChI=1S/C27H38N2S/c1-8-25(6,9-2)26(7,10-3)27(28,11-4)21-15-13-20(14-16-21)24-29-22-17-12-19(5)18-23(22)30-24/h12-18H,8-11,28H2,1-7H3. The van der Waals surface area contributed by atoms with Gasteiger partial charge in [0.25, 0.3) is 0 Å². The third kappa shape index (κ3) is 3.50. The summed E-state index contributed by atoms with van der Waals surface area (Å²) in [5.41, 5.74) is 11.9. The molecule has 2 unspecified atom stereocenters. The molecule has 162 valence electrons. The molecule has 2 nitrogen and oxygen atoms in total. The van der Waals surface area contributed by atoms with Crippen molar-refractivity contribution in [1.29, 1.82) is 0 Å². The first-order chi connectivity index (χ1) is 14.2. The largest absolute Gasteiger partial charge is 0.321 e. The third-order valence-electron chi connectivity index (χ3n) is 8.33. The summed E-state index contributed by atoms with van der Waals surface area (Å²) in [7, 11) is 0. The molecule has 0 aliphatic heterocycles. The summed E-state index contributed by atoms with van der Waals surface area (Å²) >= 11 is 1.76. The van der Waals surface area contributed by atoms with Gasteiger partial charge in [-0.05, 0) is 53.9 Å². The van der Waals surface area contributed by atoms with E-state index in [-0.39, 0.29) is 16.4 Å². The van der Waals surface area contributed by atoms with Crippen LogP contribution in [0.15, 0.2) is 42.5 Å². The van der Waals surface area contributed by atoms with Crippen molar-refractivity contribution in [2.45, 2.75) is 79.7 Å². The van der Waals surface area contributed by atoms with Crippen molar-refractivity contribution in [2.24, 2.45) is 16.6 Å². The summed E-state index contributed by atoms with van der Waals surface area (Å²) in [5, 5.41) is 1.08. The molecule has 3 aromatic rings. The van der Waals surface area contributed by atoms with Gasteiger partial charge in [-0.2, -0.15) is 0 Å². The van der Waals surface area contributed by atoms with Crippen molar-refractivity contribution in [3.05, 3.63) is 53.6 Å². The van der Waals surface area contributed by atoms with Crippen molar-refractivity contribution in [1.82, 2.24) is 4.98 Å². The predicted molar refractivity (Wildman–Crippen MR) is 133 cm³/mol. The van der Waals surface area contributed by atoms with E-state index in [9.17, 15) is 0 Å².